The number of hydrogen-bond donors (Lipinski definition) is 1. The van der Waals surface area contributed by atoms with Crippen LogP contribution in [0.3, 0.4) is 0 Å². The van der Waals surface area contributed by atoms with E-state index in [9.17, 15) is 9.59 Å². The van der Waals surface area contributed by atoms with Gasteiger partial charge in [-0.15, -0.1) is 0 Å². The van der Waals surface area contributed by atoms with Crippen LogP contribution >= 0.6 is 0 Å². The van der Waals surface area contributed by atoms with Crippen molar-refractivity contribution in [1.29, 1.82) is 0 Å². The summed E-state index contributed by atoms with van der Waals surface area (Å²) in [4.78, 5) is 24.3. The van der Waals surface area contributed by atoms with Gasteiger partial charge in [-0.1, -0.05) is 6.07 Å². The van der Waals surface area contributed by atoms with Gasteiger partial charge < -0.3 is 19.5 Å². The summed E-state index contributed by atoms with van der Waals surface area (Å²) in [5.74, 6) is -0.360. The molecule has 0 atom stereocenters. The van der Waals surface area contributed by atoms with Gasteiger partial charge in [0, 0.05) is 45.7 Å². The zero-order valence-electron chi connectivity index (χ0n) is 13.1. The SMILES string of the molecule is COCCCOc1cccc(C(=O)N(C)CCCC(=O)O)c1. The smallest absolute Gasteiger partial charge is 0.303 e. The van der Waals surface area contributed by atoms with E-state index in [0.717, 1.165) is 6.42 Å². The Morgan fingerprint density at radius 3 is 2.68 bits per heavy atom. The zero-order chi connectivity index (χ0) is 16.4. The van der Waals surface area contributed by atoms with E-state index in [4.69, 9.17) is 14.6 Å². The van der Waals surface area contributed by atoms with Gasteiger partial charge in [-0.3, -0.25) is 9.59 Å². The van der Waals surface area contributed by atoms with E-state index in [1.807, 2.05) is 0 Å². The van der Waals surface area contributed by atoms with Gasteiger partial charge in [-0.05, 0) is 24.6 Å². The molecule has 0 spiro atoms. The van der Waals surface area contributed by atoms with E-state index in [-0.39, 0.29) is 12.3 Å². The molecule has 1 rings (SSSR count). The second-order valence-corrected chi connectivity index (χ2v) is 4.95. The minimum Gasteiger partial charge on any atom is -0.493 e. The van der Waals surface area contributed by atoms with Crippen LogP contribution in [-0.2, 0) is 9.53 Å². The van der Waals surface area contributed by atoms with E-state index in [1.165, 1.54) is 4.90 Å². The van der Waals surface area contributed by atoms with Gasteiger partial charge in [-0.2, -0.15) is 0 Å². The Hall–Kier alpha value is -2.08. The van der Waals surface area contributed by atoms with E-state index in [1.54, 1.807) is 38.4 Å². The van der Waals surface area contributed by atoms with Crippen molar-refractivity contribution in [3.05, 3.63) is 29.8 Å². The van der Waals surface area contributed by atoms with Crippen LogP contribution in [-0.4, -0.2) is 55.8 Å². The van der Waals surface area contributed by atoms with Crippen LogP contribution in [0.25, 0.3) is 0 Å². The van der Waals surface area contributed by atoms with Crippen molar-refractivity contribution in [3.8, 4) is 5.75 Å². The Morgan fingerprint density at radius 2 is 2.00 bits per heavy atom. The molecular formula is C16H23NO5. The number of hydrogen-bond acceptors (Lipinski definition) is 4. The first-order valence-corrected chi connectivity index (χ1v) is 7.23. The number of carboxylic acid groups (broad SMARTS) is 1. The molecule has 0 heterocycles. The fraction of sp³-hybridized carbons (Fsp3) is 0.500. The molecule has 6 heteroatoms. The molecule has 1 amide bonds. The highest BCUT2D eigenvalue weighted by Crippen LogP contribution is 2.15. The Morgan fingerprint density at radius 1 is 1.23 bits per heavy atom. The van der Waals surface area contributed by atoms with Crippen molar-refractivity contribution >= 4 is 11.9 Å². The lowest BCUT2D eigenvalue weighted by atomic mass is 10.2. The molecule has 0 radical (unpaired) electrons. The Balaban J connectivity index is 2.52. The second-order valence-electron chi connectivity index (χ2n) is 4.95. The number of nitrogens with zero attached hydrogens (tertiary/aromatic N) is 1. The van der Waals surface area contributed by atoms with Crippen LogP contribution in [0.1, 0.15) is 29.6 Å². The number of benzene rings is 1. The number of methoxy groups -OCH3 is 1. The highest BCUT2D eigenvalue weighted by Gasteiger charge is 2.12. The number of carbonyl (C=O) groups excluding carboxylic acids is 1. The maximum atomic E-state index is 12.3. The third kappa shape index (κ3) is 6.58. The molecule has 0 aromatic heterocycles. The van der Waals surface area contributed by atoms with E-state index in [2.05, 4.69) is 0 Å². The lowest BCUT2D eigenvalue weighted by Gasteiger charge is -2.17. The quantitative estimate of drug-likeness (QED) is 0.669. The third-order valence-corrected chi connectivity index (χ3v) is 3.07. The average Bonchev–Trinajstić information content (AvgIpc) is 2.50. The predicted molar refractivity (Wildman–Crippen MR) is 82.3 cm³/mol. The average molecular weight is 309 g/mol. The molecule has 1 aromatic rings. The molecule has 1 aromatic carbocycles. The summed E-state index contributed by atoms with van der Waals surface area (Å²) in [6.07, 6.45) is 1.27. The molecule has 0 aliphatic rings. The van der Waals surface area contributed by atoms with E-state index in [0.29, 0.717) is 37.5 Å². The summed E-state index contributed by atoms with van der Waals surface area (Å²) in [7, 11) is 3.30. The lowest BCUT2D eigenvalue weighted by Crippen LogP contribution is -2.28. The van der Waals surface area contributed by atoms with Gasteiger partial charge in [0.05, 0.1) is 6.61 Å². The fourth-order valence-corrected chi connectivity index (χ4v) is 1.90. The minimum absolute atomic E-state index is 0.0558. The Bertz CT molecular complexity index is 489. The Labute approximate surface area is 130 Å². The molecule has 0 saturated heterocycles. The Kier molecular flexibility index (Phi) is 7.99. The molecule has 1 N–H and O–H groups in total. The number of ether oxygens (including phenoxy) is 2. The first-order valence-electron chi connectivity index (χ1n) is 7.23. The first kappa shape index (κ1) is 18.0. The van der Waals surface area contributed by atoms with E-state index < -0.39 is 5.97 Å². The van der Waals surface area contributed by atoms with Crippen molar-refractivity contribution < 1.29 is 24.2 Å². The largest absolute Gasteiger partial charge is 0.493 e. The van der Waals surface area contributed by atoms with Crippen LogP contribution in [0.5, 0.6) is 5.75 Å². The fourth-order valence-electron chi connectivity index (χ4n) is 1.90. The summed E-state index contributed by atoms with van der Waals surface area (Å²) in [5.41, 5.74) is 0.530. The van der Waals surface area contributed by atoms with Crippen LogP contribution in [0.2, 0.25) is 0 Å². The van der Waals surface area contributed by atoms with Crippen molar-refractivity contribution in [2.45, 2.75) is 19.3 Å². The second kappa shape index (κ2) is 9.78. The highest BCUT2D eigenvalue weighted by molar-refractivity contribution is 5.94. The maximum absolute atomic E-state index is 12.3. The van der Waals surface area contributed by atoms with Crippen molar-refractivity contribution in [2.24, 2.45) is 0 Å². The van der Waals surface area contributed by atoms with Crippen molar-refractivity contribution in [2.75, 3.05) is 33.9 Å². The summed E-state index contributed by atoms with van der Waals surface area (Å²) in [6, 6.07) is 6.98. The number of carboxylic acids is 1. The van der Waals surface area contributed by atoms with Gasteiger partial charge >= 0.3 is 5.97 Å². The zero-order valence-corrected chi connectivity index (χ0v) is 13.1. The molecule has 122 valence electrons. The molecule has 0 aliphatic carbocycles. The minimum atomic E-state index is -0.854. The van der Waals surface area contributed by atoms with Crippen LogP contribution < -0.4 is 4.74 Å². The highest BCUT2D eigenvalue weighted by atomic mass is 16.5. The molecule has 0 unspecified atom stereocenters. The molecule has 22 heavy (non-hydrogen) atoms. The predicted octanol–water partition coefficient (Wildman–Crippen LogP) is 2.04. The van der Waals surface area contributed by atoms with Gasteiger partial charge in [0.25, 0.3) is 5.91 Å². The lowest BCUT2D eigenvalue weighted by molar-refractivity contribution is -0.137. The topological polar surface area (TPSA) is 76.1 Å². The monoisotopic (exact) mass is 309 g/mol. The normalized spacial score (nSPS) is 10.3. The molecule has 0 bridgehead atoms. The van der Waals surface area contributed by atoms with E-state index >= 15 is 0 Å². The standard InChI is InChI=1S/C16H23NO5/c1-17(9-4-8-15(18)19)16(20)13-6-3-7-14(12-13)22-11-5-10-21-2/h3,6-7,12H,4-5,8-11H2,1-2H3,(H,18,19). The van der Waals surface area contributed by atoms with Crippen LogP contribution in [0.4, 0.5) is 0 Å². The summed E-state index contributed by atoms with van der Waals surface area (Å²) in [5, 5.41) is 8.61. The molecule has 0 fully saturated rings. The van der Waals surface area contributed by atoms with Crippen molar-refractivity contribution in [3.63, 3.8) is 0 Å². The number of rotatable bonds is 10. The summed E-state index contributed by atoms with van der Waals surface area (Å²) >= 11 is 0. The van der Waals surface area contributed by atoms with Gasteiger partial charge in [0.15, 0.2) is 0 Å². The maximum Gasteiger partial charge on any atom is 0.303 e. The van der Waals surface area contributed by atoms with Crippen LogP contribution in [0, 0.1) is 0 Å². The van der Waals surface area contributed by atoms with Crippen LogP contribution in [0.15, 0.2) is 24.3 Å². The number of carbonyl (C=O) groups is 2. The van der Waals surface area contributed by atoms with Crippen molar-refractivity contribution in [1.82, 2.24) is 4.90 Å². The summed E-state index contributed by atoms with van der Waals surface area (Å²) in [6.45, 7) is 1.56. The number of aliphatic carboxylic acids is 1. The molecular weight excluding hydrogens is 286 g/mol. The van der Waals surface area contributed by atoms with Gasteiger partial charge in [0.1, 0.15) is 5.75 Å². The summed E-state index contributed by atoms with van der Waals surface area (Å²) < 4.78 is 10.5. The molecule has 0 saturated carbocycles. The molecule has 6 nitrogen and oxygen atoms in total. The molecule has 0 aliphatic heterocycles. The first-order chi connectivity index (χ1) is 10.5. The van der Waals surface area contributed by atoms with Gasteiger partial charge in [0.2, 0.25) is 0 Å². The number of amides is 1. The third-order valence-electron chi connectivity index (χ3n) is 3.07. The van der Waals surface area contributed by atoms with Gasteiger partial charge in [-0.25, -0.2) is 0 Å².